The molecular formula is C10H14FN3O. The smallest absolute Gasteiger partial charge is 0.241 e. The summed E-state index contributed by atoms with van der Waals surface area (Å²) in [6, 6.07) is 3.52. The minimum atomic E-state index is -0.459. The number of hydrogen-bond donors (Lipinski definition) is 3. The van der Waals surface area contributed by atoms with Gasteiger partial charge in [0.25, 0.3) is 0 Å². The topological polar surface area (TPSA) is 67.2 Å². The summed E-state index contributed by atoms with van der Waals surface area (Å²) in [5, 5.41) is 5.31. The van der Waals surface area contributed by atoms with Gasteiger partial charge in [-0.15, -0.1) is 0 Å². The van der Waals surface area contributed by atoms with Crippen LogP contribution in [0.25, 0.3) is 0 Å². The summed E-state index contributed by atoms with van der Waals surface area (Å²) in [5.41, 5.74) is 6.45. The molecule has 5 heteroatoms. The van der Waals surface area contributed by atoms with E-state index in [-0.39, 0.29) is 5.91 Å². The Labute approximate surface area is 87.7 Å². The largest absolute Gasteiger partial charge is 0.397 e. The second kappa shape index (κ2) is 4.63. The predicted octanol–water partition coefficient (Wildman–Crippen LogP) is 0.954. The summed E-state index contributed by atoms with van der Waals surface area (Å²) in [4.78, 5) is 11.2. The van der Waals surface area contributed by atoms with Crippen molar-refractivity contribution in [3.8, 4) is 0 Å². The lowest BCUT2D eigenvalue weighted by Gasteiger charge is -2.15. The van der Waals surface area contributed by atoms with E-state index in [2.05, 4.69) is 10.6 Å². The molecule has 1 atom stereocenters. The Morgan fingerprint density at radius 1 is 1.53 bits per heavy atom. The van der Waals surface area contributed by atoms with Gasteiger partial charge < -0.3 is 16.4 Å². The molecule has 0 aliphatic carbocycles. The van der Waals surface area contributed by atoms with Crippen LogP contribution in [0.5, 0.6) is 0 Å². The molecule has 0 saturated heterocycles. The van der Waals surface area contributed by atoms with Gasteiger partial charge in [0.1, 0.15) is 11.9 Å². The molecule has 0 spiro atoms. The highest BCUT2D eigenvalue weighted by Gasteiger charge is 2.11. The number of likely N-dealkylation sites (N-methyl/N-ethyl adjacent to an activating group) is 1. The van der Waals surface area contributed by atoms with Crippen molar-refractivity contribution in [1.82, 2.24) is 5.32 Å². The van der Waals surface area contributed by atoms with Gasteiger partial charge in [0.2, 0.25) is 5.91 Å². The molecule has 0 aromatic heterocycles. The van der Waals surface area contributed by atoms with Crippen molar-refractivity contribution in [2.24, 2.45) is 0 Å². The number of nitrogens with one attached hydrogen (secondary N) is 2. The minimum absolute atomic E-state index is 0.182. The zero-order chi connectivity index (χ0) is 11.4. The molecule has 0 bridgehead atoms. The van der Waals surface area contributed by atoms with Crippen LogP contribution in [0, 0.1) is 5.82 Å². The maximum atomic E-state index is 12.9. The standard InChI is InChI=1S/C10H14FN3O/c1-6(10(15)13-2)14-9-5-7(11)3-4-8(9)12/h3-6,14H,12H2,1-2H3,(H,13,15). The number of rotatable bonds is 3. The van der Waals surface area contributed by atoms with Crippen LogP contribution in [0.15, 0.2) is 18.2 Å². The fourth-order valence-electron chi connectivity index (χ4n) is 1.17. The van der Waals surface area contributed by atoms with Crippen LogP contribution in [0.1, 0.15) is 6.92 Å². The molecule has 4 N–H and O–H groups in total. The Hall–Kier alpha value is -1.78. The van der Waals surface area contributed by atoms with E-state index in [1.807, 2.05) is 0 Å². The first-order chi connectivity index (χ1) is 7.04. The number of amides is 1. The van der Waals surface area contributed by atoms with Crippen molar-refractivity contribution in [3.05, 3.63) is 24.0 Å². The summed E-state index contributed by atoms with van der Waals surface area (Å²) < 4.78 is 12.9. The molecule has 4 nitrogen and oxygen atoms in total. The Bertz CT molecular complexity index is 368. The molecule has 15 heavy (non-hydrogen) atoms. The second-order valence-electron chi connectivity index (χ2n) is 3.21. The van der Waals surface area contributed by atoms with Crippen LogP contribution in [-0.2, 0) is 4.79 Å². The molecule has 1 aromatic carbocycles. The van der Waals surface area contributed by atoms with E-state index >= 15 is 0 Å². The van der Waals surface area contributed by atoms with Crippen molar-refractivity contribution >= 4 is 17.3 Å². The van der Waals surface area contributed by atoms with E-state index in [9.17, 15) is 9.18 Å². The average Bonchev–Trinajstić information content (AvgIpc) is 2.22. The lowest BCUT2D eigenvalue weighted by atomic mass is 10.2. The van der Waals surface area contributed by atoms with Crippen LogP contribution >= 0.6 is 0 Å². The normalized spacial score (nSPS) is 11.9. The first-order valence-corrected chi connectivity index (χ1v) is 4.57. The Balaban J connectivity index is 2.80. The average molecular weight is 211 g/mol. The third kappa shape index (κ3) is 2.83. The third-order valence-corrected chi connectivity index (χ3v) is 2.03. The Morgan fingerprint density at radius 2 is 2.20 bits per heavy atom. The summed E-state index contributed by atoms with van der Waals surface area (Å²) in [6.45, 7) is 1.67. The maximum absolute atomic E-state index is 12.9. The molecule has 0 fully saturated rings. The van der Waals surface area contributed by atoms with E-state index in [0.29, 0.717) is 11.4 Å². The van der Waals surface area contributed by atoms with Crippen LogP contribution in [0.3, 0.4) is 0 Å². The van der Waals surface area contributed by atoms with Gasteiger partial charge in [-0.1, -0.05) is 0 Å². The van der Waals surface area contributed by atoms with Gasteiger partial charge in [0, 0.05) is 7.05 Å². The van der Waals surface area contributed by atoms with Crippen molar-refractivity contribution in [1.29, 1.82) is 0 Å². The summed E-state index contributed by atoms with van der Waals surface area (Å²) in [5.74, 6) is -0.575. The van der Waals surface area contributed by atoms with Crippen LogP contribution in [0.2, 0.25) is 0 Å². The molecule has 0 heterocycles. The number of nitrogen functional groups attached to an aromatic ring is 1. The fraction of sp³-hybridized carbons (Fsp3) is 0.300. The van der Waals surface area contributed by atoms with E-state index in [0.717, 1.165) is 0 Å². The number of hydrogen-bond acceptors (Lipinski definition) is 3. The minimum Gasteiger partial charge on any atom is -0.397 e. The van der Waals surface area contributed by atoms with Gasteiger partial charge in [0.05, 0.1) is 11.4 Å². The zero-order valence-electron chi connectivity index (χ0n) is 8.67. The van der Waals surface area contributed by atoms with Crippen molar-refractivity contribution in [2.45, 2.75) is 13.0 Å². The number of halogens is 1. The molecule has 0 saturated carbocycles. The molecule has 0 aliphatic heterocycles. The molecule has 1 aromatic rings. The molecule has 0 aliphatic rings. The molecule has 82 valence electrons. The number of benzene rings is 1. The summed E-state index contributed by atoms with van der Waals surface area (Å²) >= 11 is 0. The highest BCUT2D eigenvalue weighted by atomic mass is 19.1. The number of anilines is 2. The van der Waals surface area contributed by atoms with Gasteiger partial charge in [-0.3, -0.25) is 4.79 Å². The van der Waals surface area contributed by atoms with Crippen molar-refractivity contribution in [3.63, 3.8) is 0 Å². The second-order valence-corrected chi connectivity index (χ2v) is 3.21. The SMILES string of the molecule is CNC(=O)C(C)Nc1cc(F)ccc1N. The Morgan fingerprint density at radius 3 is 2.80 bits per heavy atom. The van der Waals surface area contributed by atoms with Gasteiger partial charge >= 0.3 is 0 Å². The molecule has 0 radical (unpaired) electrons. The van der Waals surface area contributed by atoms with E-state index in [1.165, 1.54) is 25.2 Å². The molecule has 1 amide bonds. The highest BCUT2D eigenvalue weighted by Crippen LogP contribution is 2.19. The van der Waals surface area contributed by atoms with Crippen LogP contribution in [0.4, 0.5) is 15.8 Å². The molecular weight excluding hydrogens is 197 g/mol. The van der Waals surface area contributed by atoms with Gasteiger partial charge in [-0.05, 0) is 25.1 Å². The third-order valence-electron chi connectivity index (χ3n) is 2.03. The summed E-state index contributed by atoms with van der Waals surface area (Å²) in [7, 11) is 1.54. The highest BCUT2D eigenvalue weighted by molar-refractivity contribution is 5.85. The Kier molecular flexibility index (Phi) is 3.49. The lowest BCUT2D eigenvalue weighted by molar-refractivity contribution is -0.121. The van der Waals surface area contributed by atoms with Crippen molar-refractivity contribution < 1.29 is 9.18 Å². The number of carbonyl (C=O) groups is 1. The van der Waals surface area contributed by atoms with E-state index in [1.54, 1.807) is 6.92 Å². The van der Waals surface area contributed by atoms with Crippen LogP contribution < -0.4 is 16.4 Å². The van der Waals surface area contributed by atoms with Gasteiger partial charge in [0.15, 0.2) is 0 Å². The summed E-state index contributed by atoms with van der Waals surface area (Å²) in [6.07, 6.45) is 0. The lowest BCUT2D eigenvalue weighted by Crippen LogP contribution is -2.35. The quantitative estimate of drug-likeness (QED) is 0.652. The zero-order valence-corrected chi connectivity index (χ0v) is 8.67. The predicted molar refractivity (Wildman–Crippen MR) is 58.0 cm³/mol. The van der Waals surface area contributed by atoms with Crippen LogP contribution in [-0.4, -0.2) is 19.0 Å². The van der Waals surface area contributed by atoms with Gasteiger partial charge in [-0.2, -0.15) is 0 Å². The number of carbonyl (C=O) groups excluding carboxylic acids is 1. The monoisotopic (exact) mass is 211 g/mol. The number of nitrogens with two attached hydrogens (primary N) is 1. The maximum Gasteiger partial charge on any atom is 0.241 e. The molecule has 1 rings (SSSR count). The van der Waals surface area contributed by atoms with Crippen molar-refractivity contribution in [2.75, 3.05) is 18.1 Å². The first-order valence-electron chi connectivity index (χ1n) is 4.57. The van der Waals surface area contributed by atoms with E-state index < -0.39 is 11.9 Å². The molecule has 1 unspecified atom stereocenters. The van der Waals surface area contributed by atoms with Gasteiger partial charge in [-0.25, -0.2) is 4.39 Å². The first kappa shape index (κ1) is 11.3. The van der Waals surface area contributed by atoms with E-state index in [4.69, 9.17) is 5.73 Å². The fourth-order valence-corrected chi connectivity index (χ4v) is 1.17.